The Bertz CT molecular complexity index is 231. The Kier molecular flexibility index (Phi) is 7.14. The molecule has 0 aromatic heterocycles. The molecule has 6 nitrogen and oxygen atoms in total. The summed E-state index contributed by atoms with van der Waals surface area (Å²) in [6, 6.07) is -0.505. The molecular formula is C11H22BNO5. The number of hydrogen-bond donors (Lipinski definition) is 0. The van der Waals surface area contributed by atoms with Crippen LogP contribution in [0, 0.1) is 0 Å². The maximum Gasteiger partial charge on any atom is 0.113 e. The maximum atomic E-state index is 5.87. The molecule has 7 heteroatoms. The van der Waals surface area contributed by atoms with Crippen molar-refractivity contribution in [2.45, 2.75) is 24.3 Å². The molecule has 0 amide bonds. The Morgan fingerprint density at radius 2 is 1.89 bits per heavy atom. The zero-order valence-electron chi connectivity index (χ0n) is 11.5. The Hall–Kier alpha value is -0.175. The first kappa shape index (κ1) is 15.9. The first-order valence-electron chi connectivity index (χ1n) is 5.94. The summed E-state index contributed by atoms with van der Waals surface area (Å²) in [7, 11) is 12.7. The molecule has 1 heterocycles. The van der Waals surface area contributed by atoms with E-state index in [9.17, 15) is 0 Å². The van der Waals surface area contributed by atoms with Crippen molar-refractivity contribution < 1.29 is 23.8 Å². The third kappa shape index (κ3) is 4.49. The second kappa shape index (κ2) is 8.09. The summed E-state index contributed by atoms with van der Waals surface area (Å²) in [5.41, 5.74) is 0. The van der Waals surface area contributed by atoms with Crippen molar-refractivity contribution in [3.63, 3.8) is 0 Å². The highest BCUT2D eigenvalue weighted by atomic mass is 16.7. The number of hydroxylamine groups is 2. The Labute approximate surface area is 110 Å². The van der Waals surface area contributed by atoms with Crippen molar-refractivity contribution >= 4 is 7.85 Å². The lowest BCUT2D eigenvalue weighted by Crippen LogP contribution is -2.39. The van der Waals surface area contributed by atoms with Crippen LogP contribution in [0.2, 0.25) is 0 Å². The molecule has 1 rings (SSSR count). The van der Waals surface area contributed by atoms with Crippen LogP contribution in [0.4, 0.5) is 0 Å². The van der Waals surface area contributed by atoms with E-state index in [0.717, 1.165) is 0 Å². The molecule has 2 radical (unpaired) electrons. The molecule has 0 bridgehead atoms. The molecule has 0 aromatic rings. The lowest BCUT2D eigenvalue weighted by Gasteiger charge is -2.22. The van der Waals surface area contributed by atoms with Gasteiger partial charge < -0.3 is 18.9 Å². The number of methoxy groups -OCH3 is 2. The molecule has 1 aliphatic heterocycles. The lowest BCUT2D eigenvalue weighted by atomic mass is 9.93. The molecule has 1 aliphatic rings. The first-order chi connectivity index (χ1) is 8.60. The average molecular weight is 259 g/mol. The minimum atomic E-state index is -0.505. The summed E-state index contributed by atoms with van der Waals surface area (Å²) < 4.78 is 21.7. The second-order valence-corrected chi connectivity index (χ2v) is 4.28. The van der Waals surface area contributed by atoms with Crippen LogP contribution in [0.1, 0.15) is 0 Å². The quantitative estimate of drug-likeness (QED) is 0.330. The molecule has 0 unspecified atom stereocenters. The highest BCUT2D eigenvalue weighted by molar-refractivity contribution is 6.11. The van der Waals surface area contributed by atoms with Gasteiger partial charge >= 0.3 is 0 Å². The van der Waals surface area contributed by atoms with Gasteiger partial charge in [-0.2, -0.15) is 5.06 Å². The summed E-state index contributed by atoms with van der Waals surface area (Å²) in [6.45, 7) is 1.32. The van der Waals surface area contributed by atoms with E-state index in [1.807, 2.05) is 14.1 Å². The van der Waals surface area contributed by atoms with Crippen LogP contribution < -0.4 is 0 Å². The van der Waals surface area contributed by atoms with Gasteiger partial charge in [0.05, 0.1) is 19.8 Å². The monoisotopic (exact) mass is 259 g/mol. The summed E-state index contributed by atoms with van der Waals surface area (Å²) in [6.07, 6.45) is -0.727. The number of hydrogen-bond acceptors (Lipinski definition) is 6. The van der Waals surface area contributed by atoms with Gasteiger partial charge in [0.25, 0.3) is 0 Å². The molecular weight excluding hydrogens is 237 g/mol. The minimum absolute atomic E-state index is 0.199. The van der Waals surface area contributed by atoms with Gasteiger partial charge in [0.1, 0.15) is 26.2 Å². The minimum Gasteiger partial charge on any atom is -0.382 e. The summed E-state index contributed by atoms with van der Waals surface area (Å²) in [5, 5.41) is 1.62. The van der Waals surface area contributed by atoms with Crippen LogP contribution in [0.15, 0.2) is 0 Å². The molecule has 0 saturated carbocycles. The van der Waals surface area contributed by atoms with Crippen molar-refractivity contribution in [2.75, 3.05) is 48.1 Å². The second-order valence-electron chi connectivity index (χ2n) is 4.28. The zero-order chi connectivity index (χ0) is 13.5. The molecule has 1 saturated heterocycles. The van der Waals surface area contributed by atoms with Crippen LogP contribution in [0.3, 0.4) is 0 Å². The first-order valence-corrected chi connectivity index (χ1v) is 5.94. The van der Waals surface area contributed by atoms with Gasteiger partial charge in [0.2, 0.25) is 0 Å². The number of nitrogens with zero attached hydrogens (tertiary/aromatic N) is 1. The molecule has 0 aromatic carbocycles. The van der Waals surface area contributed by atoms with Crippen LogP contribution in [-0.4, -0.2) is 85.4 Å². The van der Waals surface area contributed by atoms with Crippen molar-refractivity contribution in [1.29, 1.82) is 0 Å². The Morgan fingerprint density at radius 3 is 2.44 bits per heavy atom. The molecule has 0 N–H and O–H groups in total. The van der Waals surface area contributed by atoms with Crippen molar-refractivity contribution in [1.82, 2.24) is 5.06 Å². The maximum absolute atomic E-state index is 5.87. The fourth-order valence-electron chi connectivity index (χ4n) is 1.93. The van der Waals surface area contributed by atoms with E-state index in [1.54, 1.807) is 19.3 Å². The van der Waals surface area contributed by atoms with Crippen LogP contribution in [0.25, 0.3) is 0 Å². The Morgan fingerprint density at radius 1 is 1.17 bits per heavy atom. The standard InChI is InChI=1S/C11H22BNO5/c1-13(2)17-6-5-16-10-9(15-4)8(7-14-3)18-11(10)12/h8-11H,5-7H2,1-4H3/t8-,9-,10-,11-/m1/s1. The third-order valence-electron chi connectivity index (χ3n) is 2.69. The van der Waals surface area contributed by atoms with Crippen LogP contribution in [-0.2, 0) is 23.8 Å². The predicted molar refractivity (Wildman–Crippen MR) is 66.5 cm³/mol. The van der Waals surface area contributed by atoms with Gasteiger partial charge in [-0.3, -0.25) is 4.84 Å². The lowest BCUT2D eigenvalue weighted by molar-refractivity contribution is -0.146. The molecule has 18 heavy (non-hydrogen) atoms. The van der Waals surface area contributed by atoms with Crippen molar-refractivity contribution in [2.24, 2.45) is 0 Å². The fraction of sp³-hybridized carbons (Fsp3) is 1.00. The number of ether oxygens (including phenoxy) is 4. The summed E-state index contributed by atoms with van der Waals surface area (Å²) in [5.74, 6) is 0. The van der Waals surface area contributed by atoms with E-state index in [2.05, 4.69) is 0 Å². The van der Waals surface area contributed by atoms with Crippen LogP contribution in [0.5, 0.6) is 0 Å². The molecule has 0 spiro atoms. The van der Waals surface area contributed by atoms with Gasteiger partial charge in [-0.15, -0.1) is 0 Å². The Balaban J connectivity index is 2.37. The largest absolute Gasteiger partial charge is 0.382 e. The van der Waals surface area contributed by atoms with Gasteiger partial charge in [-0.1, -0.05) is 0 Å². The SMILES string of the molecule is [B][C@@H]1O[C@H](COC)[C@@H](OC)[C@H]1OCCON(C)C. The normalized spacial score (nSPS) is 32.3. The highest BCUT2D eigenvalue weighted by Gasteiger charge is 2.42. The summed E-state index contributed by atoms with van der Waals surface area (Å²) in [4.78, 5) is 5.24. The van der Waals surface area contributed by atoms with Gasteiger partial charge in [0.15, 0.2) is 0 Å². The third-order valence-corrected chi connectivity index (χ3v) is 2.69. The van der Waals surface area contributed by atoms with E-state index < -0.39 is 6.00 Å². The van der Waals surface area contributed by atoms with Gasteiger partial charge in [-0.05, 0) is 0 Å². The van der Waals surface area contributed by atoms with Crippen LogP contribution >= 0.6 is 0 Å². The smallest absolute Gasteiger partial charge is 0.113 e. The summed E-state index contributed by atoms with van der Waals surface area (Å²) >= 11 is 0. The number of rotatable bonds is 8. The van der Waals surface area contributed by atoms with E-state index in [-0.39, 0.29) is 18.3 Å². The van der Waals surface area contributed by atoms with E-state index >= 15 is 0 Å². The van der Waals surface area contributed by atoms with Gasteiger partial charge in [-0.25, -0.2) is 0 Å². The fourth-order valence-corrected chi connectivity index (χ4v) is 1.93. The van der Waals surface area contributed by atoms with Crippen molar-refractivity contribution in [3.8, 4) is 0 Å². The molecule has 104 valence electrons. The molecule has 4 atom stereocenters. The van der Waals surface area contributed by atoms with E-state index in [0.29, 0.717) is 19.8 Å². The van der Waals surface area contributed by atoms with E-state index in [4.69, 9.17) is 31.6 Å². The predicted octanol–water partition coefficient (Wildman–Crippen LogP) is -0.580. The average Bonchev–Trinajstić information content (AvgIpc) is 2.61. The zero-order valence-corrected chi connectivity index (χ0v) is 11.5. The van der Waals surface area contributed by atoms with Crippen molar-refractivity contribution in [3.05, 3.63) is 0 Å². The van der Waals surface area contributed by atoms with Gasteiger partial charge in [0, 0.05) is 34.3 Å². The topological polar surface area (TPSA) is 49.4 Å². The van der Waals surface area contributed by atoms with E-state index in [1.165, 1.54) is 0 Å². The molecule has 0 aliphatic carbocycles. The molecule has 1 fully saturated rings. The highest BCUT2D eigenvalue weighted by Crippen LogP contribution is 2.24.